The van der Waals surface area contributed by atoms with E-state index in [0.29, 0.717) is 23.0 Å². The highest BCUT2D eigenvalue weighted by Crippen LogP contribution is 2.40. The number of thioether (sulfide) groups is 1. The van der Waals surface area contributed by atoms with Gasteiger partial charge in [-0.05, 0) is 56.9 Å². The highest BCUT2D eigenvalue weighted by molar-refractivity contribution is 8.00. The minimum Gasteiger partial charge on any atom is -0.306 e. The maximum Gasteiger partial charge on any atom is 0.260 e. The summed E-state index contributed by atoms with van der Waals surface area (Å²) >= 11 is 7.36. The first-order valence-electron chi connectivity index (χ1n) is 9.79. The van der Waals surface area contributed by atoms with Crippen molar-refractivity contribution >= 4 is 35.2 Å². The topological polar surface area (TPSA) is 68.1 Å². The summed E-state index contributed by atoms with van der Waals surface area (Å²) < 4.78 is 2.12. The molecule has 1 aliphatic carbocycles. The molecule has 2 aliphatic rings. The Labute approximate surface area is 173 Å². The minimum absolute atomic E-state index is 0.138. The highest BCUT2D eigenvalue weighted by Gasteiger charge is 2.35. The Kier molecular flexibility index (Phi) is 5.73. The molecule has 2 aromatic rings. The fourth-order valence-electron chi connectivity index (χ4n) is 3.52. The smallest absolute Gasteiger partial charge is 0.260 e. The number of amides is 2. The van der Waals surface area contributed by atoms with Crippen molar-refractivity contribution in [1.29, 1.82) is 0 Å². The Morgan fingerprint density at radius 3 is 2.61 bits per heavy atom. The van der Waals surface area contributed by atoms with E-state index in [2.05, 4.69) is 21.7 Å². The molecule has 2 amide bonds. The van der Waals surface area contributed by atoms with Crippen molar-refractivity contribution in [2.75, 3.05) is 6.54 Å². The molecule has 8 heteroatoms. The van der Waals surface area contributed by atoms with E-state index in [0.717, 1.165) is 49.6 Å². The first-order valence-corrected chi connectivity index (χ1v) is 11.0. The van der Waals surface area contributed by atoms with Gasteiger partial charge in [0, 0.05) is 29.6 Å². The van der Waals surface area contributed by atoms with Gasteiger partial charge < -0.3 is 4.57 Å². The molecule has 1 aliphatic heterocycles. The van der Waals surface area contributed by atoms with Gasteiger partial charge in [0.15, 0.2) is 5.16 Å². The summed E-state index contributed by atoms with van der Waals surface area (Å²) in [6.07, 6.45) is 4.78. The largest absolute Gasteiger partial charge is 0.306 e. The van der Waals surface area contributed by atoms with E-state index in [1.165, 1.54) is 16.7 Å². The van der Waals surface area contributed by atoms with E-state index in [4.69, 9.17) is 11.6 Å². The van der Waals surface area contributed by atoms with E-state index in [1.54, 1.807) is 24.3 Å². The predicted molar refractivity (Wildman–Crippen MR) is 109 cm³/mol. The summed E-state index contributed by atoms with van der Waals surface area (Å²) in [5.74, 6) is 1.14. The number of nitrogens with zero attached hydrogens (tertiary/aromatic N) is 4. The Hall–Kier alpha value is -1.86. The molecule has 0 N–H and O–H groups in total. The van der Waals surface area contributed by atoms with Crippen LogP contribution in [0.4, 0.5) is 0 Å². The SMILES string of the molecule is CCn1c(S[C@@H]2CCCCN(C(=O)c3ccc(Cl)cc3)C2=O)nnc1C1CC1. The van der Waals surface area contributed by atoms with Crippen LogP contribution in [0.5, 0.6) is 0 Å². The highest BCUT2D eigenvalue weighted by atomic mass is 35.5. The molecule has 0 spiro atoms. The molecule has 2 heterocycles. The predicted octanol–water partition coefficient (Wildman–Crippen LogP) is 4.14. The standard InChI is InChI=1S/C20H23ClN4O2S/c1-2-24-17(13-6-7-13)22-23-20(24)28-16-5-3-4-12-25(19(16)27)18(26)14-8-10-15(21)11-9-14/h8-11,13,16H,2-7,12H2,1H3/t16-/m1/s1. The molecule has 0 bridgehead atoms. The van der Waals surface area contributed by atoms with Crippen LogP contribution in [0.25, 0.3) is 0 Å². The van der Waals surface area contributed by atoms with Crippen molar-refractivity contribution in [3.63, 3.8) is 0 Å². The number of carbonyl (C=O) groups excluding carboxylic acids is 2. The van der Waals surface area contributed by atoms with Crippen molar-refractivity contribution in [3.05, 3.63) is 40.7 Å². The second-order valence-corrected chi connectivity index (χ2v) is 8.87. The van der Waals surface area contributed by atoms with Gasteiger partial charge in [0.25, 0.3) is 5.91 Å². The normalized spacial score (nSPS) is 20.3. The van der Waals surface area contributed by atoms with Crippen molar-refractivity contribution in [3.8, 4) is 0 Å². The van der Waals surface area contributed by atoms with Crippen LogP contribution in [-0.4, -0.2) is 43.3 Å². The first kappa shape index (κ1) is 19.5. The van der Waals surface area contributed by atoms with Gasteiger partial charge in [0.2, 0.25) is 5.91 Å². The lowest BCUT2D eigenvalue weighted by Gasteiger charge is -2.22. The summed E-state index contributed by atoms with van der Waals surface area (Å²) in [4.78, 5) is 27.5. The van der Waals surface area contributed by atoms with E-state index >= 15 is 0 Å². The van der Waals surface area contributed by atoms with Crippen LogP contribution in [-0.2, 0) is 11.3 Å². The van der Waals surface area contributed by atoms with Gasteiger partial charge in [-0.25, -0.2) is 0 Å². The summed E-state index contributed by atoms with van der Waals surface area (Å²) in [6, 6.07) is 6.68. The van der Waals surface area contributed by atoms with Crippen molar-refractivity contribution in [2.24, 2.45) is 0 Å². The van der Waals surface area contributed by atoms with E-state index in [-0.39, 0.29) is 17.1 Å². The third-order valence-electron chi connectivity index (χ3n) is 5.23. The maximum atomic E-state index is 13.2. The number of hydrogen-bond donors (Lipinski definition) is 0. The number of aromatic nitrogens is 3. The average molecular weight is 419 g/mol. The van der Waals surface area contributed by atoms with Crippen LogP contribution in [0, 0.1) is 0 Å². The summed E-state index contributed by atoms with van der Waals surface area (Å²) in [6.45, 7) is 3.31. The lowest BCUT2D eigenvalue weighted by Crippen LogP contribution is -2.41. The van der Waals surface area contributed by atoms with Gasteiger partial charge in [-0.15, -0.1) is 10.2 Å². The molecule has 148 valence electrons. The molecule has 0 radical (unpaired) electrons. The molecule has 1 saturated carbocycles. The molecule has 1 aromatic carbocycles. The molecule has 4 rings (SSSR count). The number of halogens is 1. The van der Waals surface area contributed by atoms with Crippen LogP contribution in [0.15, 0.2) is 29.4 Å². The van der Waals surface area contributed by atoms with Gasteiger partial charge in [0.1, 0.15) is 5.82 Å². The summed E-state index contributed by atoms with van der Waals surface area (Å²) in [5.41, 5.74) is 0.483. The molecule has 1 saturated heterocycles. The van der Waals surface area contributed by atoms with Crippen LogP contribution in [0.2, 0.25) is 5.02 Å². The number of benzene rings is 1. The lowest BCUT2D eigenvalue weighted by atomic mass is 10.2. The fraction of sp³-hybridized carbons (Fsp3) is 0.500. The molecule has 2 fully saturated rings. The van der Waals surface area contributed by atoms with Crippen LogP contribution < -0.4 is 0 Å². The Morgan fingerprint density at radius 2 is 1.93 bits per heavy atom. The van der Waals surface area contributed by atoms with Gasteiger partial charge >= 0.3 is 0 Å². The summed E-state index contributed by atoms with van der Waals surface area (Å²) in [5, 5.41) is 9.74. The second-order valence-electron chi connectivity index (χ2n) is 7.26. The number of carbonyl (C=O) groups is 2. The zero-order valence-electron chi connectivity index (χ0n) is 15.8. The van der Waals surface area contributed by atoms with Gasteiger partial charge in [-0.3, -0.25) is 14.5 Å². The molecular weight excluding hydrogens is 396 g/mol. The Balaban J connectivity index is 1.53. The van der Waals surface area contributed by atoms with E-state index in [1.807, 2.05) is 0 Å². The van der Waals surface area contributed by atoms with Crippen molar-refractivity contribution in [2.45, 2.75) is 61.9 Å². The zero-order valence-corrected chi connectivity index (χ0v) is 17.4. The quantitative estimate of drug-likeness (QED) is 0.682. The monoisotopic (exact) mass is 418 g/mol. The Morgan fingerprint density at radius 1 is 1.18 bits per heavy atom. The molecule has 28 heavy (non-hydrogen) atoms. The Bertz CT molecular complexity index is 879. The van der Waals surface area contributed by atoms with Crippen molar-refractivity contribution < 1.29 is 9.59 Å². The van der Waals surface area contributed by atoms with Gasteiger partial charge in [0.05, 0.1) is 5.25 Å². The second kappa shape index (κ2) is 8.25. The summed E-state index contributed by atoms with van der Waals surface area (Å²) in [7, 11) is 0. The minimum atomic E-state index is -0.319. The molecule has 1 atom stereocenters. The molecule has 1 aromatic heterocycles. The van der Waals surface area contributed by atoms with Crippen molar-refractivity contribution in [1.82, 2.24) is 19.7 Å². The third kappa shape index (κ3) is 3.96. The maximum absolute atomic E-state index is 13.2. The zero-order chi connectivity index (χ0) is 19.7. The number of hydrogen-bond acceptors (Lipinski definition) is 5. The molecule has 6 nitrogen and oxygen atoms in total. The average Bonchev–Trinajstić information content (AvgIpc) is 3.49. The van der Waals surface area contributed by atoms with Crippen LogP contribution >= 0.6 is 23.4 Å². The van der Waals surface area contributed by atoms with Gasteiger partial charge in [-0.2, -0.15) is 0 Å². The number of imide groups is 1. The van der Waals surface area contributed by atoms with Gasteiger partial charge in [-0.1, -0.05) is 29.8 Å². The van der Waals surface area contributed by atoms with Crippen LogP contribution in [0.1, 0.15) is 61.1 Å². The molecule has 0 unspecified atom stereocenters. The van der Waals surface area contributed by atoms with Crippen LogP contribution in [0.3, 0.4) is 0 Å². The number of likely N-dealkylation sites (tertiary alicyclic amines) is 1. The lowest BCUT2D eigenvalue weighted by molar-refractivity contribution is -0.127. The van der Waals surface area contributed by atoms with E-state index in [9.17, 15) is 9.59 Å². The fourth-order valence-corrected chi connectivity index (χ4v) is 4.85. The molecular formula is C20H23ClN4O2S. The third-order valence-corrected chi connectivity index (χ3v) is 6.71. The number of rotatable bonds is 5. The first-order chi connectivity index (χ1) is 13.6. The van der Waals surface area contributed by atoms with E-state index < -0.39 is 0 Å².